The molecule has 0 radical (unpaired) electrons. The molecule has 0 bridgehead atoms. The number of benzene rings is 2. The third-order valence-corrected chi connectivity index (χ3v) is 8.13. The van der Waals surface area contributed by atoms with Gasteiger partial charge in [-0.1, -0.05) is 29.8 Å². The van der Waals surface area contributed by atoms with Gasteiger partial charge in [0.2, 0.25) is 0 Å². The maximum Gasteiger partial charge on any atom is 0.272 e. The second-order valence-corrected chi connectivity index (χ2v) is 11.6. The van der Waals surface area contributed by atoms with Crippen molar-refractivity contribution in [1.82, 2.24) is 20.0 Å². The molecule has 0 unspecified atom stereocenters. The lowest BCUT2D eigenvalue weighted by Gasteiger charge is -2.19. The summed E-state index contributed by atoms with van der Waals surface area (Å²) in [5.74, 6) is 0.0992. The number of nitriles is 1. The summed E-state index contributed by atoms with van der Waals surface area (Å²) in [6, 6.07) is 13.4. The summed E-state index contributed by atoms with van der Waals surface area (Å²) in [7, 11) is -2.98. The van der Waals surface area contributed by atoms with Crippen LogP contribution in [-0.4, -0.2) is 53.6 Å². The maximum atomic E-state index is 13.2. The van der Waals surface area contributed by atoms with E-state index < -0.39 is 9.84 Å². The van der Waals surface area contributed by atoms with Crippen LogP contribution in [0.1, 0.15) is 40.0 Å². The number of carbonyl (C=O) groups excluding carboxylic acids is 1. The summed E-state index contributed by atoms with van der Waals surface area (Å²) in [5, 5.41) is 17.9. The minimum absolute atomic E-state index is 0.165. The Kier molecular flexibility index (Phi) is 7.75. The van der Waals surface area contributed by atoms with Crippen LogP contribution in [0.5, 0.6) is 0 Å². The van der Waals surface area contributed by atoms with E-state index in [1.807, 2.05) is 25.1 Å². The molecule has 1 aliphatic rings. The van der Waals surface area contributed by atoms with Crippen molar-refractivity contribution < 1.29 is 13.2 Å². The second-order valence-electron chi connectivity index (χ2n) is 8.88. The minimum atomic E-state index is -2.98. The summed E-state index contributed by atoms with van der Waals surface area (Å²) in [6.45, 7) is 4.51. The van der Waals surface area contributed by atoms with Crippen LogP contribution >= 0.6 is 11.6 Å². The van der Waals surface area contributed by atoms with Crippen molar-refractivity contribution in [3.8, 4) is 6.07 Å². The predicted octanol–water partition coefficient (Wildman–Crippen LogP) is 3.46. The van der Waals surface area contributed by atoms with Gasteiger partial charge in [0.1, 0.15) is 0 Å². The van der Waals surface area contributed by atoms with Crippen LogP contribution < -0.4 is 5.32 Å². The van der Waals surface area contributed by atoms with E-state index in [-0.39, 0.29) is 23.8 Å². The maximum absolute atomic E-state index is 13.2. The predicted molar refractivity (Wildman–Crippen MR) is 136 cm³/mol. The number of aromatic nitrogens is 2. The monoisotopic (exact) mass is 513 g/mol. The van der Waals surface area contributed by atoms with Gasteiger partial charge in [-0.15, -0.1) is 0 Å². The molecule has 1 fully saturated rings. The van der Waals surface area contributed by atoms with Crippen molar-refractivity contribution in [2.24, 2.45) is 0 Å². The van der Waals surface area contributed by atoms with Gasteiger partial charge in [-0.3, -0.25) is 14.4 Å². The number of fused-ring (bicyclic) bond motifs is 1. The average Bonchev–Trinajstić information content (AvgIpc) is 3.10. The lowest BCUT2D eigenvalue weighted by atomic mass is 10.0. The summed E-state index contributed by atoms with van der Waals surface area (Å²) in [6.07, 6.45) is 0.903. The van der Waals surface area contributed by atoms with Crippen molar-refractivity contribution in [3.05, 3.63) is 63.8 Å². The molecule has 8 nitrogen and oxygen atoms in total. The highest BCUT2D eigenvalue weighted by Gasteiger charge is 2.22. The molecule has 0 spiro atoms. The number of sulfone groups is 1. The molecule has 184 valence electrons. The van der Waals surface area contributed by atoms with E-state index in [2.05, 4.69) is 27.5 Å². The zero-order valence-corrected chi connectivity index (χ0v) is 21.2. The van der Waals surface area contributed by atoms with Crippen LogP contribution in [-0.2, 0) is 29.5 Å². The van der Waals surface area contributed by atoms with Gasteiger partial charge in [0, 0.05) is 30.0 Å². The Hall–Kier alpha value is -2.93. The number of hydrogen-bond donors (Lipinski definition) is 1. The smallest absolute Gasteiger partial charge is 0.272 e. The van der Waals surface area contributed by atoms with E-state index in [9.17, 15) is 13.2 Å². The van der Waals surface area contributed by atoms with Crippen molar-refractivity contribution in [2.45, 2.75) is 39.4 Å². The standard InChI is InChI=1S/C25H28ClN5O3S/c1-18-14-20(17-30-9-3-12-35(33,34)13-11-30)15-22-23(29-31(24(18)22)10-2-8-27)25(32)28-16-19-4-6-21(26)7-5-19/h4-7,14-15H,2-3,9-13,16-17H2,1H3,(H,28,32). The molecule has 10 heteroatoms. The Labute approximate surface area is 210 Å². The van der Waals surface area contributed by atoms with Gasteiger partial charge in [0.15, 0.2) is 15.5 Å². The third kappa shape index (κ3) is 6.20. The molecule has 0 saturated carbocycles. The molecule has 4 rings (SSSR count). The van der Waals surface area contributed by atoms with Crippen molar-refractivity contribution in [3.63, 3.8) is 0 Å². The molecule has 35 heavy (non-hydrogen) atoms. The first-order chi connectivity index (χ1) is 16.8. The number of nitrogens with zero attached hydrogens (tertiary/aromatic N) is 4. The first kappa shape index (κ1) is 25.2. The van der Waals surface area contributed by atoms with Gasteiger partial charge < -0.3 is 5.32 Å². The van der Waals surface area contributed by atoms with E-state index >= 15 is 0 Å². The fourth-order valence-electron chi connectivity index (χ4n) is 4.45. The molecule has 0 aliphatic carbocycles. The molecular weight excluding hydrogens is 486 g/mol. The van der Waals surface area contributed by atoms with Crippen LogP contribution in [0, 0.1) is 18.3 Å². The summed E-state index contributed by atoms with van der Waals surface area (Å²) < 4.78 is 25.7. The number of carbonyl (C=O) groups is 1. The van der Waals surface area contributed by atoms with Gasteiger partial charge >= 0.3 is 0 Å². The van der Waals surface area contributed by atoms with Gasteiger partial charge in [-0.2, -0.15) is 10.4 Å². The van der Waals surface area contributed by atoms with Crippen LogP contribution in [0.4, 0.5) is 0 Å². The van der Waals surface area contributed by atoms with Crippen molar-refractivity contribution in [2.75, 3.05) is 24.6 Å². The zero-order chi connectivity index (χ0) is 25.0. The summed E-state index contributed by atoms with van der Waals surface area (Å²) >= 11 is 5.95. The number of halogens is 1. The fraction of sp³-hybridized carbons (Fsp3) is 0.400. The van der Waals surface area contributed by atoms with Crippen LogP contribution in [0.3, 0.4) is 0 Å². The molecule has 0 atom stereocenters. The topological polar surface area (TPSA) is 108 Å². The highest BCUT2D eigenvalue weighted by molar-refractivity contribution is 7.91. The van der Waals surface area contributed by atoms with E-state index in [1.54, 1.807) is 16.8 Å². The number of nitrogens with one attached hydrogen (secondary N) is 1. The first-order valence-corrected chi connectivity index (χ1v) is 13.8. The molecular formula is C25H28ClN5O3S. The van der Waals surface area contributed by atoms with E-state index in [4.69, 9.17) is 16.9 Å². The minimum Gasteiger partial charge on any atom is -0.347 e. The Morgan fingerprint density at radius 1 is 1.17 bits per heavy atom. The SMILES string of the molecule is Cc1cc(CN2CCCS(=O)(=O)CC2)cc2c(C(=O)NCc3ccc(Cl)cc3)nn(CCC#N)c12. The molecule has 1 saturated heterocycles. The van der Waals surface area contributed by atoms with Gasteiger partial charge in [0.25, 0.3) is 5.91 Å². The summed E-state index contributed by atoms with van der Waals surface area (Å²) in [5.41, 5.74) is 4.03. The Morgan fingerprint density at radius 2 is 1.94 bits per heavy atom. The summed E-state index contributed by atoms with van der Waals surface area (Å²) in [4.78, 5) is 15.3. The number of hydrogen-bond acceptors (Lipinski definition) is 6. The van der Waals surface area contributed by atoms with E-state index in [1.165, 1.54) is 0 Å². The Bertz CT molecular complexity index is 1380. The Balaban J connectivity index is 1.62. The molecule has 2 aromatic carbocycles. The van der Waals surface area contributed by atoms with E-state index in [0.717, 1.165) is 27.6 Å². The normalized spacial score (nSPS) is 16.0. The van der Waals surface area contributed by atoms with Crippen LogP contribution in [0.25, 0.3) is 10.9 Å². The van der Waals surface area contributed by atoms with Crippen molar-refractivity contribution in [1.29, 1.82) is 5.26 Å². The van der Waals surface area contributed by atoms with Gasteiger partial charge in [-0.05, 0) is 54.8 Å². The van der Waals surface area contributed by atoms with Gasteiger partial charge in [0.05, 0.1) is 36.1 Å². The highest BCUT2D eigenvalue weighted by atomic mass is 35.5. The molecule has 1 amide bonds. The molecule has 3 aromatic rings. The lowest BCUT2D eigenvalue weighted by Crippen LogP contribution is -2.26. The Morgan fingerprint density at radius 3 is 2.69 bits per heavy atom. The second kappa shape index (κ2) is 10.8. The third-order valence-electron chi connectivity index (χ3n) is 6.17. The number of rotatable bonds is 7. The van der Waals surface area contributed by atoms with Crippen LogP contribution in [0.2, 0.25) is 5.02 Å². The molecule has 1 N–H and O–H groups in total. The largest absolute Gasteiger partial charge is 0.347 e. The van der Waals surface area contributed by atoms with Crippen LogP contribution in [0.15, 0.2) is 36.4 Å². The fourth-order valence-corrected chi connectivity index (χ4v) is 5.89. The molecule has 1 aromatic heterocycles. The van der Waals surface area contributed by atoms with E-state index in [0.29, 0.717) is 49.9 Å². The highest BCUT2D eigenvalue weighted by Crippen LogP contribution is 2.26. The van der Waals surface area contributed by atoms with Crippen molar-refractivity contribution >= 4 is 38.2 Å². The average molecular weight is 514 g/mol. The zero-order valence-electron chi connectivity index (χ0n) is 19.6. The lowest BCUT2D eigenvalue weighted by molar-refractivity contribution is 0.0946. The molecule has 1 aliphatic heterocycles. The molecule has 2 heterocycles. The first-order valence-electron chi connectivity index (χ1n) is 11.6. The quantitative estimate of drug-likeness (QED) is 0.518. The van der Waals surface area contributed by atoms with Gasteiger partial charge in [-0.25, -0.2) is 8.42 Å². The number of amides is 1. The number of aryl methyl sites for hydroxylation is 2.